The zero-order chi connectivity index (χ0) is 20.4. The minimum absolute atomic E-state index is 0.284. The lowest BCUT2D eigenvalue weighted by molar-refractivity contribution is -0.0962. The van der Waals surface area contributed by atoms with Gasteiger partial charge in [0.2, 0.25) is 0 Å². The van der Waals surface area contributed by atoms with Gasteiger partial charge in [-0.05, 0) is 12.1 Å². The second-order valence-electron chi connectivity index (χ2n) is 6.83. The Hall–Kier alpha value is -2.59. The van der Waals surface area contributed by atoms with Gasteiger partial charge in [-0.15, -0.1) is 0 Å². The van der Waals surface area contributed by atoms with Gasteiger partial charge in [0.15, 0.2) is 0 Å². The lowest BCUT2D eigenvalue weighted by atomic mass is 9.97. The average molecular weight is 410 g/mol. The first-order chi connectivity index (χ1) is 14.0. The molecule has 3 heterocycles. The molecule has 2 unspecified atom stereocenters. The van der Waals surface area contributed by atoms with Gasteiger partial charge in [-0.25, -0.2) is 4.99 Å². The van der Waals surface area contributed by atoms with Crippen molar-refractivity contribution in [2.75, 3.05) is 26.9 Å². The largest absolute Gasteiger partial charge is 0.490 e. The Balaban J connectivity index is 1.66. The maximum Gasteiger partial charge on any atom is 0.430 e. The number of halogens is 3. The van der Waals surface area contributed by atoms with Crippen molar-refractivity contribution in [3.8, 4) is 5.75 Å². The van der Waals surface area contributed by atoms with Gasteiger partial charge in [-0.1, -0.05) is 18.2 Å². The van der Waals surface area contributed by atoms with E-state index in [1.807, 2.05) is 24.3 Å². The molecule has 0 amide bonds. The average Bonchev–Trinajstić information content (AvgIpc) is 3.15. The van der Waals surface area contributed by atoms with Crippen LogP contribution in [0.25, 0.3) is 0 Å². The molecule has 3 aliphatic heterocycles. The molecule has 3 aliphatic rings. The summed E-state index contributed by atoms with van der Waals surface area (Å²) in [6.07, 6.45) is -3.11. The molecule has 1 aromatic rings. The third-order valence-corrected chi connectivity index (χ3v) is 4.95. The molecule has 156 valence electrons. The van der Waals surface area contributed by atoms with Gasteiger partial charge >= 0.3 is 6.18 Å². The predicted molar refractivity (Wildman–Crippen MR) is 99.9 cm³/mol. The molecule has 10 heteroatoms. The van der Waals surface area contributed by atoms with Gasteiger partial charge in [0.1, 0.15) is 42.2 Å². The van der Waals surface area contributed by atoms with Crippen molar-refractivity contribution in [2.24, 2.45) is 15.9 Å². The number of ether oxygens (including phenoxy) is 3. The van der Waals surface area contributed by atoms with Gasteiger partial charge in [0.25, 0.3) is 0 Å². The number of fused-ring (bicyclic) bond motifs is 2. The van der Waals surface area contributed by atoms with E-state index in [4.69, 9.17) is 19.2 Å². The summed E-state index contributed by atoms with van der Waals surface area (Å²) in [5.41, 5.74) is 0.0156. The highest BCUT2D eigenvalue weighted by Crippen LogP contribution is 2.38. The van der Waals surface area contributed by atoms with Gasteiger partial charge in [-0.3, -0.25) is 4.99 Å². The Labute approximate surface area is 165 Å². The fourth-order valence-corrected chi connectivity index (χ4v) is 3.55. The van der Waals surface area contributed by atoms with Crippen LogP contribution in [0.3, 0.4) is 0 Å². The SMILES string of the molecule is COCCO[C@H]1COc2ccccc2[C@@H]1N=C1NC=NC2NC(C(F)(F)F)=CC12. The maximum atomic E-state index is 13.1. The van der Waals surface area contributed by atoms with Crippen LogP contribution in [-0.4, -0.2) is 57.6 Å². The topological polar surface area (TPSA) is 76.5 Å². The molecule has 0 saturated heterocycles. The Kier molecular flexibility index (Phi) is 5.46. The molecular formula is C19H21F3N4O3. The van der Waals surface area contributed by atoms with Crippen molar-refractivity contribution < 1.29 is 27.4 Å². The lowest BCUT2D eigenvalue weighted by Crippen LogP contribution is -2.44. The summed E-state index contributed by atoms with van der Waals surface area (Å²) in [7, 11) is 1.58. The highest BCUT2D eigenvalue weighted by Gasteiger charge is 2.44. The predicted octanol–water partition coefficient (Wildman–Crippen LogP) is 2.17. The third kappa shape index (κ3) is 4.08. The molecule has 0 bridgehead atoms. The lowest BCUT2D eigenvalue weighted by Gasteiger charge is -2.33. The smallest absolute Gasteiger partial charge is 0.430 e. The molecule has 0 aliphatic carbocycles. The number of allylic oxidation sites excluding steroid dienone is 1. The Morgan fingerprint density at radius 1 is 1.28 bits per heavy atom. The van der Waals surface area contributed by atoms with E-state index in [0.29, 0.717) is 24.8 Å². The van der Waals surface area contributed by atoms with Crippen LogP contribution in [0, 0.1) is 5.92 Å². The molecule has 0 fully saturated rings. The fraction of sp³-hybridized carbons (Fsp3) is 0.474. The first-order valence-corrected chi connectivity index (χ1v) is 9.21. The molecule has 1 aromatic carbocycles. The van der Waals surface area contributed by atoms with Crippen molar-refractivity contribution in [3.05, 3.63) is 41.6 Å². The molecule has 0 aromatic heterocycles. The fourth-order valence-electron chi connectivity index (χ4n) is 3.55. The van der Waals surface area contributed by atoms with Gasteiger partial charge in [0.05, 0.1) is 25.5 Å². The third-order valence-electron chi connectivity index (χ3n) is 4.95. The molecular weight excluding hydrogens is 389 g/mol. The summed E-state index contributed by atoms with van der Waals surface area (Å²) < 4.78 is 56.1. The van der Waals surface area contributed by atoms with E-state index in [-0.39, 0.29) is 6.61 Å². The number of benzene rings is 1. The van der Waals surface area contributed by atoms with E-state index in [0.717, 1.165) is 11.6 Å². The number of nitrogens with one attached hydrogen (secondary N) is 2. The number of hydrogen-bond donors (Lipinski definition) is 2. The van der Waals surface area contributed by atoms with Crippen molar-refractivity contribution in [1.29, 1.82) is 0 Å². The Morgan fingerprint density at radius 2 is 2.10 bits per heavy atom. The Bertz CT molecular complexity index is 840. The number of nitrogens with zero attached hydrogens (tertiary/aromatic N) is 2. The second kappa shape index (κ2) is 8.03. The van der Waals surface area contributed by atoms with Crippen LogP contribution in [0.1, 0.15) is 11.6 Å². The molecule has 0 radical (unpaired) electrons. The number of rotatable bonds is 5. The summed E-state index contributed by atoms with van der Waals surface area (Å²) in [6.45, 7) is 1.06. The van der Waals surface area contributed by atoms with Crippen molar-refractivity contribution in [2.45, 2.75) is 24.5 Å². The quantitative estimate of drug-likeness (QED) is 0.728. The molecule has 4 rings (SSSR count). The minimum Gasteiger partial charge on any atom is -0.490 e. The van der Waals surface area contributed by atoms with Crippen molar-refractivity contribution >= 4 is 12.2 Å². The van der Waals surface area contributed by atoms with Gasteiger partial charge in [0, 0.05) is 12.7 Å². The minimum atomic E-state index is -4.46. The molecule has 0 spiro atoms. The summed E-state index contributed by atoms with van der Waals surface area (Å²) in [5.74, 6) is 0.440. The normalized spacial score (nSPS) is 29.4. The summed E-state index contributed by atoms with van der Waals surface area (Å²) in [6, 6.07) is 7.01. The molecule has 2 N–H and O–H groups in total. The first-order valence-electron chi connectivity index (χ1n) is 9.21. The first kappa shape index (κ1) is 19.7. The molecule has 0 saturated carbocycles. The van der Waals surface area contributed by atoms with Crippen LogP contribution in [-0.2, 0) is 9.47 Å². The van der Waals surface area contributed by atoms with E-state index < -0.39 is 36.1 Å². The number of para-hydroxylation sites is 1. The van der Waals surface area contributed by atoms with Crippen molar-refractivity contribution in [1.82, 2.24) is 10.6 Å². The molecule has 7 nitrogen and oxygen atoms in total. The second-order valence-corrected chi connectivity index (χ2v) is 6.83. The maximum absolute atomic E-state index is 13.1. The van der Waals surface area contributed by atoms with E-state index in [9.17, 15) is 13.2 Å². The van der Waals surface area contributed by atoms with Crippen LogP contribution >= 0.6 is 0 Å². The number of hydrogen-bond acceptors (Lipinski definition) is 6. The van der Waals surface area contributed by atoms with E-state index in [2.05, 4.69) is 15.6 Å². The highest BCUT2D eigenvalue weighted by atomic mass is 19.4. The number of alkyl halides is 3. The van der Waals surface area contributed by atoms with E-state index in [1.54, 1.807) is 7.11 Å². The zero-order valence-electron chi connectivity index (χ0n) is 15.6. The number of methoxy groups -OCH3 is 1. The zero-order valence-corrected chi connectivity index (χ0v) is 15.6. The number of aliphatic imine (C=N–C) groups is 2. The highest BCUT2D eigenvalue weighted by molar-refractivity contribution is 5.97. The summed E-state index contributed by atoms with van der Waals surface area (Å²) in [5, 5.41) is 5.33. The van der Waals surface area contributed by atoms with Crippen LogP contribution in [0.4, 0.5) is 13.2 Å². The van der Waals surface area contributed by atoms with Crippen LogP contribution in [0.5, 0.6) is 5.75 Å². The molecule has 29 heavy (non-hydrogen) atoms. The monoisotopic (exact) mass is 410 g/mol. The van der Waals surface area contributed by atoms with Gasteiger partial charge < -0.3 is 24.8 Å². The Morgan fingerprint density at radius 3 is 2.90 bits per heavy atom. The van der Waals surface area contributed by atoms with Crippen LogP contribution < -0.4 is 15.4 Å². The summed E-state index contributed by atoms with van der Waals surface area (Å²) in [4.78, 5) is 8.84. The number of amidine groups is 1. The van der Waals surface area contributed by atoms with Crippen molar-refractivity contribution in [3.63, 3.8) is 0 Å². The molecule has 4 atom stereocenters. The van der Waals surface area contributed by atoms with E-state index in [1.165, 1.54) is 6.34 Å². The summed E-state index contributed by atoms with van der Waals surface area (Å²) >= 11 is 0. The van der Waals surface area contributed by atoms with E-state index >= 15 is 0 Å². The standard InChI is InChI=1S/C19H21F3N4O3/c1-27-6-7-28-14-9-29-13-5-3-2-4-11(13)16(14)26-18-12-8-15(19(20,21)22)25-17(12)23-10-24-18/h2-5,8,10,12,14,16-17,25H,6-7,9H2,1H3,(H,23,24,26)/t12?,14-,16-,17?/m0/s1. The van der Waals surface area contributed by atoms with Crippen LogP contribution in [0.15, 0.2) is 46.0 Å². The van der Waals surface area contributed by atoms with Crippen LogP contribution in [0.2, 0.25) is 0 Å². The van der Waals surface area contributed by atoms with Gasteiger partial charge in [-0.2, -0.15) is 13.2 Å².